The summed E-state index contributed by atoms with van der Waals surface area (Å²) >= 11 is 0. The lowest BCUT2D eigenvalue weighted by atomic mass is 9.77. The van der Waals surface area contributed by atoms with Crippen molar-refractivity contribution in [3.63, 3.8) is 0 Å². The number of nitrogens with one attached hydrogen (secondary N) is 1. The molecule has 2 saturated heterocycles. The summed E-state index contributed by atoms with van der Waals surface area (Å²) in [6.07, 6.45) is 7.02. The van der Waals surface area contributed by atoms with Gasteiger partial charge in [-0.1, -0.05) is 115 Å². The van der Waals surface area contributed by atoms with E-state index in [0.29, 0.717) is 12.1 Å². The molecule has 2 N–H and O–H groups in total. The molecular weight excluding hydrogens is 670 g/mol. The second-order valence-electron chi connectivity index (χ2n) is 14.1. The summed E-state index contributed by atoms with van der Waals surface area (Å²) < 4.78 is 12.5. The quantitative estimate of drug-likeness (QED) is 0.220. The van der Waals surface area contributed by atoms with Gasteiger partial charge in [0.25, 0.3) is 5.91 Å². The number of ether oxygens (including phenoxy) is 2. The molecule has 10 nitrogen and oxygen atoms in total. The van der Waals surface area contributed by atoms with Crippen LogP contribution in [-0.4, -0.2) is 77.2 Å². The number of rotatable bonds is 6. The lowest BCUT2D eigenvalue weighted by molar-refractivity contribution is -0.146. The van der Waals surface area contributed by atoms with Crippen LogP contribution in [0.3, 0.4) is 0 Å². The van der Waals surface area contributed by atoms with Crippen LogP contribution >= 0.6 is 0 Å². The van der Waals surface area contributed by atoms with Crippen molar-refractivity contribution in [1.82, 2.24) is 10.2 Å². The van der Waals surface area contributed by atoms with Crippen molar-refractivity contribution >= 4 is 40.2 Å². The molecule has 4 aliphatic heterocycles. The van der Waals surface area contributed by atoms with E-state index >= 15 is 9.59 Å². The average Bonchev–Trinajstić information content (AvgIpc) is 3.58. The maximum atomic E-state index is 15.2. The first-order valence-electron chi connectivity index (χ1n) is 18.2. The number of benzene rings is 4. The van der Waals surface area contributed by atoms with Crippen molar-refractivity contribution < 1.29 is 33.8 Å². The molecule has 53 heavy (non-hydrogen) atoms. The molecule has 7 atom stereocenters. The number of aliphatic hydroxyl groups excluding tert-OH is 1. The van der Waals surface area contributed by atoms with Crippen LogP contribution in [-0.2, 0) is 35.1 Å². The molecule has 4 aromatic rings. The predicted molar refractivity (Wildman–Crippen MR) is 198 cm³/mol. The van der Waals surface area contributed by atoms with Gasteiger partial charge in [-0.15, -0.1) is 0 Å². The zero-order chi connectivity index (χ0) is 36.5. The smallest absolute Gasteiger partial charge is 0.306 e. The number of hydrogen-bond donors (Lipinski definition) is 2. The summed E-state index contributed by atoms with van der Waals surface area (Å²) in [5.74, 6) is -3.78. The third kappa shape index (κ3) is 6.32. The fourth-order valence-electron chi connectivity index (χ4n) is 8.48. The number of anilines is 1. The van der Waals surface area contributed by atoms with Crippen LogP contribution in [0.1, 0.15) is 30.0 Å². The van der Waals surface area contributed by atoms with E-state index in [9.17, 15) is 14.7 Å². The van der Waals surface area contributed by atoms with Crippen LogP contribution in [0.25, 0.3) is 10.8 Å². The largest absolute Gasteiger partial charge is 0.463 e. The highest BCUT2D eigenvalue weighted by molar-refractivity contribution is 6.06. The average molecular weight is 712 g/mol. The van der Waals surface area contributed by atoms with E-state index < -0.39 is 66.1 Å². The van der Waals surface area contributed by atoms with Crippen molar-refractivity contribution in [2.45, 2.75) is 49.1 Å². The summed E-state index contributed by atoms with van der Waals surface area (Å²) in [6.45, 7) is -0.282. The van der Waals surface area contributed by atoms with Gasteiger partial charge in [-0.2, -0.15) is 0 Å². The molecule has 3 amide bonds. The normalized spacial score (nSPS) is 28.5. The van der Waals surface area contributed by atoms with Crippen molar-refractivity contribution in [2.75, 3.05) is 24.7 Å². The number of carbonyl (C=O) groups is 4. The molecule has 1 spiro atoms. The number of aliphatic hydroxyl groups is 1. The highest BCUT2D eigenvalue weighted by atomic mass is 16.5. The molecule has 4 aromatic carbocycles. The van der Waals surface area contributed by atoms with Crippen molar-refractivity contribution in [1.29, 1.82) is 0 Å². The first-order chi connectivity index (χ1) is 25.9. The summed E-state index contributed by atoms with van der Waals surface area (Å²) in [7, 11) is 0. The fraction of sp³-hybridized carbons (Fsp3) is 0.302. The summed E-state index contributed by atoms with van der Waals surface area (Å²) in [5.41, 5.74) is 0.754. The Labute approximate surface area is 307 Å². The maximum Gasteiger partial charge on any atom is 0.306 e. The summed E-state index contributed by atoms with van der Waals surface area (Å²) in [5, 5.41) is 16.0. The zero-order valence-corrected chi connectivity index (χ0v) is 29.1. The van der Waals surface area contributed by atoms with Gasteiger partial charge < -0.3 is 29.7 Å². The van der Waals surface area contributed by atoms with Crippen LogP contribution in [0.15, 0.2) is 127 Å². The van der Waals surface area contributed by atoms with Gasteiger partial charge in [-0.25, -0.2) is 0 Å². The van der Waals surface area contributed by atoms with E-state index in [4.69, 9.17) is 9.47 Å². The Morgan fingerprint density at radius 3 is 2.36 bits per heavy atom. The Morgan fingerprint density at radius 2 is 1.58 bits per heavy atom. The highest BCUT2D eigenvalue weighted by Crippen LogP contribution is 2.54. The number of esters is 1. The summed E-state index contributed by atoms with van der Waals surface area (Å²) in [6, 6.07) is 29.8. The van der Waals surface area contributed by atoms with E-state index in [1.807, 2.05) is 109 Å². The Balaban J connectivity index is 1.23. The predicted octanol–water partition coefficient (Wildman–Crippen LogP) is 4.68. The molecule has 0 unspecified atom stereocenters. The van der Waals surface area contributed by atoms with Crippen LogP contribution < -0.4 is 10.2 Å². The minimum Gasteiger partial charge on any atom is -0.463 e. The van der Waals surface area contributed by atoms with Gasteiger partial charge in [0.2, 0.25) is 11.8 Å². The Kier molecular flexibility index (Phi) is 9.40. The summed E-state index contributed by atoms with van der Waals surface area (Å²) in [4.78, 5) is 60.7. The van der Waals surface area contributed by atoms with Crippen molar-refractivity contribution in [2.24, 2.45) is 11.8 Å². The molecule has 0 saturated carbocycles. The molecule has 0 aromatic heterocycles. The van der Waals surface area contributed by atoms with E-state index in [-0.39, 0.29) is 31.9 Å². The fourth-order valence-corrected chi connectivity index (χ4v) is 8.48. The lowest BCUT2D eigenvalue weighted by Crippen LogP contribution is -2.58. The Bertz CT molecular complexity index is 2090. The van der Waals surface area contributed by atoms with Crippen LogP contribution in [0.5, 0.6) is 0 Å². The minimum atomic E-state index is -1.53. The van der Waals surface area contributed by atoms with E-state index in [0.717, 1.165) is 21.9 Å². The first kappa shape index (κ1) is 34.5. The van der Waals surface area contributed by atoms with E-state index in [1.165, 1.54) is 4.90 Å². The standard InChI is InChI=1S/C43H41N3O7/c47-26-33(24-28-12-3-1-4-13-28)46-39-42(51)45(32-21-20-29-14-7-8-17-31(29)25-32)23-11-22-43(39)38(41(46)50)37-35(53-43)18-9-10-19-36(48)52-27-34(44-40(37)49)30-15-5-2-6-16-30/h1-9,11-18,20-22,25,33-35,37-39,47H,10,19,23-24,26-27H2,(H,44,49)/b18-9-/t33-,34+,35-,37+,38+,39-,43+/m1/s1. The minimum absolute atomic E-state index is 0.0855. The number of carbonyl (C=O) groups excluding carboxylic acids is 4. The van der Waals surface area contributed by atoms with Crippen LogP contribution in [0.2, 0.25) is 0 Å². The highest BCUT2D eigenvalue weighted by Gasteiger charge is 2.72. The van der Waals surface area contributed by atoms with E-state index in [2.05, 4.69) is 5.32 Å². The van der Waals surface area contributed by atoms with Crippen molar-refractivity contribution in [3.8, 4) is 0 Å². The molecule has 2 fully saturated rings. The van der Waals surface area contributed by atoms with Crippen LogP contribution in [0, 0.1) is 11.8 Å². The number of amides is 3. The molecular formula is C43H41N3O7. The maximum absolute atomic E-state index is 15.2. The number of fused-ring (bicyclic) bond motifs is 3. The topological polar surface area (TPSA) is 125 Å². The zero-order valence-electron chi connectivity index (χ0n) is 29.1. The molecule has 0 radical (unpaired) electrons. The second kappa shape index (κ2) is 14.4. The molecule has 270 valence electrons. The van der Waals surface area contributed by atoms with Gasteiger partial charge in [0.05, 0.1) is 36.6 Å². The first-order valence-corrected chi connectivity index (χ1v) is 18.2. The molecule has 10 heteroatoms. The number of likely N-dealkylation sites (tertiary alicyclic amines) is 1. The van der Waals surface area contributed by atoms with Gasteiger partial charge in [-0.3, -0.25) is 19.2 Å². The van der Waals surface area contributed by atoms with Gasteiger partial charge >= 0.3 is 5.97 Å². The molecule has 4 heterocycles. The SMILES string of the molecule is O=C1CC/C=C\[C@H]2O[C@]34C=CCN(c5ccc6ccccc6c5)C(=O)[C@H]3N([C@@H](CO)Cc3ccccc3)C(=O)[C@@H]4[C@H]2C(=O)N[C@H](c2ccccc2)CO1. The molecule has 4 aliphatic rings. The van der Waals surface area contributed by atoms with Gasteiger partial charge in [0.1, 0.15) is 18.2 Å². The lowest BCUT2D eigenvalue weighted by Gasteiger charge is -2.38. The number of cyclic esters (lactones) is 1. The second-order valence-corrected chi connectivity index (χ2v) is 14.1. The van der Waals surface area contributed by atoms with E-state index in [1.54, 1.807) is 23.1 Å². The Hall–Kier alpha value is -5.58. The molecule has 0 bridgehead atoms. The van der Waals surface area contributed by atoms with Gasteiger partial charge in [0.15, 0.2) is 0 Å². The third-order valence-electron chi connectivity index (χ3n) is 11.0. The Morgan fingerprint density at radius 1 is 0.849 bits per heavy atom. The van der Waals surface area contributed by atoms with Crippen molar-refractivity contribution in [3.05, 3.63) is 139 Å². The monoisotopic (exact) mass is 711 g/mol. The third-order valence-corrected chi connectivity index (χ3v) is 11.0. The van der Waals surface area contributed by atoms with Crippen LogP contribution in [0.4, 0.5) is 5.69 Å². The number of nitrogens with zero attached hydrogens (tertiary/aromatic N) is 2. The van der Waals surface area contributed by atoms with Gasteiger partial charge in [-0.05, 0) is 46.9 Å². The van der Waals surface area contributed by atoms with Gasteiger partial charge in [0, 0.05) is 18.7 Å². The number of hydrogen-bond acceptors (Lipinski definition) is 7. The molecule has 8 rings (SSSR count). The molecule has 0 aliphatic carbocycles. The number of allylic oxidation sites excluding steroid dienone is 1.